The number of hydrogen-bond acceptors (Lipinski definition) is 3. The largest absolute Gasteiger partial charge is 0.385 e. The second-order valence-corrected chi connectivity index (χ2v) is 4.38. The molecular formula is C14H22N2O2. The lowest BCUT2D eigenvalue weighted by atomic mass is 10.1. The minimum atomic E-state index is -0.0407. The van der Waals surface area contributed by atoms with Gasteiger partial charge in [-0.15, -0.1) is 0 Å². The van der Waals surface area contributed by atoms with E-state index in [-0.39, 0.29) is 5.91 Å². The van der Waals surface area contributed by atoms with Crippen LogP contribution >= 0.6 is 0 Å². The molecule has 18 heavy (non-hydrogen) atoms. The summed E-state index contributed by atoms with van der Waals surface area (Å²) >= 11 is 0. The highest BCUT2D eigenvalue weighted by atomic mass is 16.5. The summed E-state index contributed by atoms with van der Waals surface area (Å²) in [4.78, 5) is 11.9. The van der Waals surface area contributed by atoms with E-state index >= 15 is 0 Å². The Morgan fingerprint density at radius 2 is 2.00 bits per heavy atom. The third-order valence-corrected chi connectivity index (χ3v) is 2.59. The monoisotopic (exact) mass is 250 g/mol. The molecule has 1 unspecified atom stereocenters. The number of anilines is 1. The summed E-state index contributed by atoms with van der Waals surface area (Å²) in [5.74, 6) is 0.279. The first-order valence-electron chi connectivity index (χ1n) is 6.28. The molecule has 0 spiro atoms. The van der Waals surface area contributed by atoms with Gasteiger partial charge in [0.25, 0.3) is 5.91 Å². The predicted octanol–water partition coefficient (Wildman–Crippen LogP) is 2.13. The van der Waals surface area contributed by atoms with Crippen LogP contribution in [0.5, 0.6) is 0 Å². The third-order valence-electron chi connectivity index (χ3n) is 2.59. The van der Waals surface area contributed by atoms with E-state index in [9.17, 15) is 4.79 Å². The minimum absolute atomic E-state index is 0.0407. The van der Waals surface area contributed by atoms with Crippen LogP contribution in [0.15, 0.2) is 24.3 Å². The van der Waals surface area contributed by atoms with E-state index in [0.717, 1.165) is 12.2 Å². The minimum Gasteiger partial charge on any atom is -0.385 e. The van der Waals surface area contributed by atoms with E-state index in [4.69, 9.17) is 4.74 Å². The van der Waals surface area contributed by atoms with Gasteiger partial charge in [0, 0.05) is 31.5 Å². The Bertz CT molecular complexity index is 363. The van der Waals surface area contributed by atoms with Crippen LogP contribution in [0.4, 0.5) is 5.69 Å². The van der Waals surface area contributed by atoms with E-state index in [1.54, 1.807) is 7.11 Å². The van der Waals surface area contributed by atoms with Gasteiger partial charge in [0.2, 0.25) is 0 Å². The lowest BCUT2D eigenvalue weighted by Crippen LogP contribution is -2.29. The zero-order valence-corrected chi connectivity index (χ0v) is 11.3. The Balaban J connectivity index is 2.46. The first-order valence-corrected chi connectivity index (χ1v) is 6.28. The molecule has 100 valence electrons. The number of carbonyl (C=O) groups is 1. The fourth-order valence-corrected chi connectivity index (χ4v) is 1.66. The van der Waals surface area contributed by atoms with E-state index in [0.29, 0.717) is 24.6 Å². The van der Waals surface area contributed by atoms with Crippen molar-refractivity contribution < 1.29 is 9.53 Å². The highest BCUT2D eigenvalue weighted by molar-refractivity contribution is 5.94. The van der Waals surface area contributed by atoms with E-state index < -0.39 is 0 Å². The number of benzene rings is 1. The highest BCUT2D eigenvalue weighted by Crippen LogP contribution is 2.09. The molecule has 0 aromatic heterocycles. The number of ether oxygens (including phenoxy) is 1. The van der Waals surface area contributed by atoms with Gasteiger partial charge >= 0.3 is 0 Å². The molecule has 0 aliphatic carbocycles. The molecule has 0 radical (unpaired) electrons. The van der Waals surface area contributed by atoms with Crippen molar-refractivity contribution in [3.8, 4) is 0 Å². The van der Waals surface area contributed by atoms with Crippen molar-refractivity contribution in [3.63, 3.8) is 0 Å². The van der Waals surface area contributed by atoms with Crippen LogP contribution in [0.3, 0.4) is 0 Å². The average molecular weight is 250 g/mol. The highest BCUT2D eigenvalue weighted by Gasteiger charge is 2.07. The van der Waals surface area contributed by atoms with Gasteiger partial charge in [0.05, 0.1) is 6.61 Å². The van der Waals surface area contributed by atoms with E-state index in [1.165, 1.54) is 0 Å². The molecule has 0 bridgehead atoms. The normalized spacial score (nSPS) is 11.9. The predicted molar refractivity (Wildman–Crippen MR) is 74.0 cm³/mol. The number of methoxy groups -OCH3 is 1. The molecule has 4 nitrogen and oxygen atoms in total. The van der Waals surface area contributed by atoms with Crippen molar-refractivity contribution in [3.05, 3.63) is 29.8 Å². The van der Waals surface area contributed by atoms with Gasteiger partial charge < -0.3 is 15.4 Å². The molecule has 1 aromatic carbocycles. The number of nitrogens with one attached hydrogen (secondary N) is 2. The number of carbonyl (C=O) groups excluding carboxylic acids is 1. The van der Waals surface area contributed by atoms with Crippen LogP contribution in [0.2, 0.25) is 0 Å². The van der Waals surface area contributed by atoms with Crippen LogP contribution in [-0.2, 0) is 4.74 Å². The Kier molecular flexibility index (Phi) is 6.22. The fraction of sp³-hybridized carbons (Fsp3) is 0.500. The molecule has 0 saturated carbocycles. The summed E-state index contributed by atoms with van der Waals surface area (Å²) in [6.07, 6.45) is 0. The molecule has 1 rings (SSSR count). The summed E-state index contributed by atoms with van der Waals surface area (Å²) in [6, 6.07) is 7.48. The van der Waals surface area contributed by atoms with Gasteiger partial charge in [-0.05, 0) is 37.1 Å². The lowest BCUT2D eigenvalue weighted by molar-refractivity contribution is 0.0934. The first-order chi connectivity index (χ1) is 8.67. The summed E-state index contributed by atoms with van der Waals surface area (Å²) in [6.45, 7) is 6.23. The summed E-state index contributed by atoms with van der Waals surface area (Å²) < 4.78 is 5.02. The van der Waals surface area contributed by atoms with Crippen LogP contribution in [0.25, 0.3) is 0 Å². The van der Waals surface area contributed by atoms with Gasteiger partial charge in [-0.3, -0.25) is 4.79 Å². The second kappa shape index (κ2) is 7.71. The molecule has 0 saturated heterocycles. The maximum absolute atomic E-state index is 11.9. The van der Waals surface area contributed by atoms with Gasteiger partial charge in [-0.25, -0.2) is 0 Å². The molecule has 0 aliphatic rings. The summed E-state index contributed by atoms with van der Waals surface area (Å²) in [7, 11) is 1.66. The van der Waals surface area contributed by atoms with Crippen LogP contribution in [-0.4, -0.2) is 32.7 Å². The van der Waals surface area contributed by atoms with Crippen molar-refractivity contribution >= 4 is 11.6 Å². The zero-order chi connectivity index (χ0) is 13.4. The van der Waals surface area contributed by atoms with Gasteiger partial charge in [0.1, 0.15) is 0 Å². The van der Waals surface area contributed by atoms with Crippen molar-refractivity contribution in [2.45, 2.75) is 13.8 Å². The van der Waals surface area contributed by atoms with Crippen LogP contribution in [0.1, 0.15) is 24.2 Å². The molecule has 4 heteroatoms. The average Bonchev–Trinajstić information content (AvgIpc) is 2.37. The van der Waals surface area contributed by atoms with E-state index in [2.05, 4.69) is 10.6 Å². The van der Waals surface area contributed by atoms with Crippen molar-refractivity contribution in [1.82, 2.24) is 5.32 Å². The van der Waals surface area contributed by atoms with Crippen LogP contribution in [0, 0.1) is 5.92 Å². The summed E-state index contributed by atoms with van der Waals surface area (Å²) in [5, 5.41) is 6.09. The zero-order valence-electron chi connectivity index (χ0n) is 11.3. The quantitative estimate of drug-likeness (QED) is 0.779. The maximum Gasteiger partial charge on any atom is 0.251 e. The smallest absolute Gasteiger partial charge is 0.251 e. The molecular weight excluding hydrogens is 228 g/mol. The Morgan fingerprint density at radius 3 is 2.56 bits per heavy atom. The van der Waals surface area contributed by atoms with Gasteiger partial charge in [-0.2, -0.15) is 0 Å². The Labute approximate surface area is 109 Å². The molecule has 1 aromatic rings. The second-order valence-electron chi connectivity index (χ2n) is 4.38. The number of amides is 1. The molecule has 0 aliphatic heterocycles. The topological polar surface area (TPSA) is 50.4 Å². The van der Waals surface area contributed by atoms with E-state index in [1.807, 2.05) is 38.1 Å². The molecule has 0 heterocycles. The first kappa shape index (κ1) is 14.5. The fourth-order valence-electron chi connectivity index (χ4n) is 1.66. The van der Waals surface area contributed by atoms with Gasteiger partial charge in [0.15, 0.2) is 0 Å². The van der Waals surface area contributed by atoms with Crippen molar-refractivity contribution in [2.24, 2.45) is 5.92 Å². The molecule has 0 fully saturated rings. The maximum atomic E-state index is 11.9. The Morgan fingerprint density at radius 1 is 1.33 bits per heavy atom. The molecule has 1 amide bonds. The third kappa shape index (κ3) is 4.75. The van der Waals surface area contributed by atoms with Crippen molar-refractivity contribution in [2.75, 3.05) is 32.1 Å². The van der Waals surface area contributed by atoms with Crippen LogP contribution < -0.4 is 10.6 Å². The van der Waals surface area contributed by atoms with Crippen molar-refractivity contribution in [1.29, 1.82) is 0 Å². The standard InChI is InChI=1S/C14H22N2O2/c1-4-15-13-7-5-12(6-8-13)14(17)16-9-11(2)10-18-3/h5-8,11,15H,4,9-10H2,1-3H3,(H,16,17). The molecule has 2 N–H and O–H groups in total. The summed E-state index contributed by atoms with van der Waals surface area (Å²) in [5.41, 5.74) is 1.71. The van der Waals surface area contributed by atoms with Gasteiger partial charge in [-0.1, -0.05) is 6.92 Å². The SMILES string of the molecule is CCNc1ccc(C(=O)NCC(C)COC)cc1. The Hall–Kier alpha value is -1.55. The number of hydrogen-bond donors (Lipinski definition) is 2. The molecule has 1 atom stereocenters. The number of rotatable bonds is 7. The lowest BCUT2D eigenvalue weighted by Gasteiger charge is -2.11.